The molecule has 0 radical (unpaired) electrons. The number of aromatic nitrogens is 5. The van der Waals surface area contributed by atoms with E-state index in [0.717, 1.165) is 61.2 Å². The van der Waals surface area contributed by atoms with Gasteiger partial charge in [-0.1, -0.05) is 12.1 Å². The molecule has 12 heteroatoms. The van der Waals surface area contributed by atoms with Crippen LogP contribution in [0.2, 0.25) is 0 Å². The van der Waals surface area contributed by atoms with Gasteiger partial charge in [0.25, 0.3) is 5.91 Å². The number of hydrogen-bond donors (Lipinski definition) is 2. The first-order valence-electron chi connectivity index (χ1n) is 11.8. The highest BCUT2D eigenvalue weighted by Crippen LogP contribution is 2.43. The van der Waals surface area contributed by atoms with E-state index in [-0.39, 0.29) is 11.1 Å². The minimum atomic E-state index is -4.34. The standard InChI is InChI=1S/C24H25F3N8O/c25-24(26,27)13-35-10-17-21(32-35)29-14-30-22(17)34-11-23(12-34)3-5-33(6-4-23)9-15-1-2-16-8-19(20(28)36)31-18(16)7-15/h1-2,7-8,10,14,31H,3-6,9,11-13H2,(H2,28,36). The molecule has 2 saturated heterocycles. The smallest absolute Gasteiger partial charge is 0.364 e. The highest BCUT2D eigenvalue weighted by molar-refractivity contribution is 5.97. The zero-order valence-electron chi connectivity index (χ0n) is 19.4. The van der Waals surface area contributed by atoms with Crippen molar-refractivity contribution in [1.29, 1.82) is 0 Å². The fourth-order valence-corrected chi connectivity index (χ4v) is 5.47. The normalized spacial score (nSPS) is 18.2. The number of nitrogens with one attached hydrogen (secondary N) is 1. The molecule has 0 aliphatic carbocycles. The van der Waals surface area contributed by atoms with E-state index < -0.39 is 18.6 Å². The number of piperidine rings is 1. The maximum Gasteiger partial charge on any atom is 0.408 e. The molecule has 0 atom stereocenters. The number of rotatable bonds is 5. The topological polar surface area (TPSA) is 109 Å². The maximum absolute atomic E-state index is 12.8. The summed E-state index contributed by atoms with van der Waals surface area (Å²) in [5, 5.41) is 5.48. The van der Waals surface area contributed by atoms with E-state index in [9.17, 15) is 18.0 Å². The molecule has 1 spiro atoms. The Balaban J connectivity index is 1.08. The van der Waals surface area contributed by atoms with Crippen molar-refractivity contribution in [2.24, 2.45) is 11.1 Å². The summed E-state index contributed by atoms with van der Waals surface area (Å²) in [5.74, 6) is 0.178. The third-order valence-corrected chi connectivity index (χ3v) is 7.31. The number of nitrogens with zero attached hydrogens (tertiary/aromatic N) is 6. The van der Waals surface area contributed by atoms with Crippen LogP contribution in [0.3, 0.4) is 0 Å². The van der Waals surface area contributed by atoms with Gasteiger partial charge in [-0.15, -0.1) is 0 Å². The van der Waals surface area contributed by atoms with Crippen molar-refractivity contribution in [3.63, 3.8) is 0 Å². The number of benzene rings is 1. The van der Waals surface area contributed by atoms with E-state index >= 15 is 0 Å². The lowest BCUT2D eigenvalue weighted by molar-refractivity contribution is -0.142. The highest BCUT2D eigenvalue weighted by Gasteiger charge is 2.45. The summed E-state index contributed by atoms with van der Waals surface area (Å²) in [5.41, 5.74) is 8.32. The summed E-state index contributed by atoms with van der Waals surface area (Å²) in [4.78, 5) is 27.5. The molecule has 1 aromatic carbocycles. The molecule has 0 unspecified atom stereocenters. The SMILES string of the molecule is NC(=O)c1cc2ccc(CN3CCC4(CC3)CN(c3ncnc5nn(CC(F)(F)F)cc35)C4)cc2[nH]1. The number of hydrogen-bond acceptors (Lipinski definition) is 6. The molecule has 0 bridgehead atoms. The largest absolute Gasteiger partial charge is 0.408 e. The minimum absolute atomic E-state index is 0.190. The number of amides is 1. The molecular formula is C24H25F3N8O. The highest BCUT2D eigenvalue weighted by atomic mass is 19.4. The molecule has 3 N–H and O–H groups in total. The Morgan fingerprint density at radius 1 is 1.14 bits per heavy atom. The number of H-pyrrole nitrogens is 1. The Kier molecular flexibility index (Phi) is 5.18. The monoisotopic (exact) mass is 498 g/mol. The van der Waals surface area contributed by atoms with E-state index in [2.05, 4.69) is 42.0 Å². The van der Waals surface area contributed by atoms with Gasteiger partial charge >= 0.3 is 6.18 Å². The number of nitrogens with two attached hydrogens (primary N) is 1. The van der Waals surface area contributed by atoms with Crippen LogP contribution in [0, 0.1) is 5.41 Å². The van der Waals surface area contributed by atoms with Crippen LogP contribution in [0.4, 0.5) is 19.0 Å². The van der Waals surface area contributed by atoms with Crippen LogP contribution in [-0.4, -0.2) is 67.9 Å². The van der Waals surface area contributed by atoms with Gasteiger partial charge in [0.2, 0.25) is 0 Å². The molecule has 9 nitrogen and oxygen atoms in total. The van der Waals surface area contributed by atoms with Crippen LogP contribution in [-0.2, 0) is 13.1 Å². The average molecular weight is 499 g/mol. The Hall–Kier alpha value is -3.67. The number of aromatic amines is 1. The van der Waals surface area contributed by atoms with Crippen LogP contribution in [0.25, 0.3) is 21.9 Å². The fraction of sp³-hybridized carbons (Fsp3) is 0.417. The number of alkyl halides is 3. The third kappa shape index (κ3) is 4.25. The van der Waals surface area contributed by atoms with Gasteiger partial charge in [0.05, 0.1) is 5.39 Å². The van der Waals surface area contributed by atoms with Crippen molar-refractivity contribution in [2.75, 3.05) is 31.1 Å². The molecule has 6 rings (SSSR count). The number of likely N-dealkylation sites (tertiary alicyclic amines) is 1. The van der Waals surface area contributed by atoms with E-state index in [4.69, 9.17) is 5.73 Å². The minimum Gasteiger partial charge on any atom is -0.364 e. The van der Waals surface area contributed by atoms with Gasteiger partial charge in [-0.25, -0.2) is 9.97 Å². The molecule has 2 fully saturated rings. The van der Waals surface area contributed by atoms with E-state index in [0.29, 0.717) is 16.9 Å². The summed E-state index contributed by atoms with van der Waals surface area (Å²) in [6.07, 6.45) is 0.496. The van der Waals surface area contributed by atoms with Gasteiger partial charge < -0.3 is 15.6 Å². The summed E-state index contributed by atoms with van der Waals surface area (Å²) >= 11 is 0. The first kappa shape index (κ1) is 22.8. The number of carbonyl (C=O) groups is 1. The zero-order valence-corrected chi connectivity index (χ0v) is 19.4. The van der Waals surface area contributed by atoms with Crippen LogP contribution in [0.15, 0.2) is 36.8 Å². The molecule has 2 aliphatic rings. The van der Waals surface area contributed by atoms with Crippen molar-refractivity contribution < 1.29 is 18.0 Å². The molecule has 5 heterocycles. The lowest BCUT2D eigenvalue weighted by Gasteiger charge is -2.54. The van der Waals surface area contributed by atoms with Crippen molar-refractivity contribution in [2.45, 2.75) is 32.1 Å². The first-order valence-corrected chi connectivity index (χ1v) is 11.8. The number of anilines is 1. The van der Waals surface area contributed by atoms with E-state index in [1.807, 2.05) is 6.07 Å². The molecule has 2 aliphatic heterocycles. The van der Waals surface area contributed by atoms with Crippen LogP contribution < -0.4 is 10.6 Å². The van der Waals surface area contributed by atoms with Gasteiger partial charge in [-0.2, -0.15) is 18.3 Å². The van der Waals surface area contributed by atoms with Crippen molar-refractivity contribution >= 4 is 33.7 Å². The van der Waals surface area contributed by atoms with Crippen molar-refractivity contribution in [3.8, 4) is 0 Å². The predicted molar refractivity (Wildman–Crippen MR) is 127 cm³/mol. The van der Waals surface area contributed by atoms with Crippen molar-refractivity contribution in [1.82, 2.24) is 29.6 Å². The first-order chi connectivity index (χ1) is 17.2. The molecule has 1 amide bonds. The molecule has 0 saturated carbocycles. The summed E-state index contributed by atoms with van der Waals surface area (Å²) in [6.45, 7) is 3.25. The summed E-state index contributed by atoms with van der Waals surface area (Å²) < 4.78 is 39.2. The van der Waals surface area contributed by atoms with Gasteiger partial charge in [0.1, 0.15) is 24.4 Å². The second kappa shape index (κ2) is 8.19. The molecule has 36 heavy (non-hydrogen) atoms. The summed E-state index contributed by atoms with van der Waals surface area (Å²) in [6, 6.07) is 7.91. The lowest BCUT2D eigenvalue weighted by atomic mass is 9.72. The Labute approximate surface area is 204 Å². The third-order valence-electron chi connectivity index (χ3n) is 7.31. The van der Waals surface area contributed by atoms with E-state index in [1.54, 1.807) is 6.07 Å². The number of primary amides is 1. The number of carbonyl (C=O) groups excluding carboxylic acids is 1. The Morgan fingerprint density at radius 3 is 2.64 bits per heavy atom. The van der Waals surface area contributed by atoms with Crippen LogP contribution >= 0.6 is 0 Å². The molecule has 188 valence electrons. The van der Waals surface area contributed by atoms with Crippen LogP contribution in [0.5, 0.6) is 0 Å². The maximum atomic E-state index is 12.8. The zero-order chi connectivity index (χ0) is 25.1. The number of halogens is 3. The Morgan fingerprint density at radius 2 is 1.92 bits per heavy atom. The molecular weight excluding hydrogens is 473 g/mol. The lowest BCUT2D eigenvalue weighted by Crippen LogP contribution is -2.60. The second-order valence-corrected chi connectivity index (χ2v) is 9.98. The second-order valence-electron chi connectivity index (χ2n) is 9.98. The summed E-state index contributed by atoms with van der Waals surface area (Å²) in [7, 11) is 0. The van der Waals surface area contributed by atoms with Gasteiger partial charge in [0.15, 0.2) is 5.65 Å². The van der Waals surface area contributed by atoms with Crippen molar-refractivity contribution in [3.05, 3.63) is 48.0 Å². The molecule has 3 aromatic heterocycles. The molecule has 4 aromatic rings. The van der Waals surface area contributed by atoms with Crippen LogP contribution in [0.1, 0.15) is 28.9 Å². The Bertz CT molecular complexity index is 1440. The van der Waals surface area contributed by atoms with Gasteiger partial charge in [0, 0.05) is 42.1 Å². The van der Waals surface area contributed by atoms with Gasteiger partial charge in [-0.05, 0) is 43.6 Å². The number of fused-ring (bicyclic) bond motifs is 2. The van der Waals surface area contributed by atoms with E-state index in [1.165, 1.54) is 18.1 Å². The fourth-order valence-electron chi connectivity index (χ4n) is 5.47. The quantitative estimate of drug-likeness (QED) is 0.438. The van der Waals surface area contributed by atoms with Gasteiger partial charge in [-0.3, -0.25) is 14.4 Å². The average Bonchev–Trinajstić information content (AvgIpc) is 3.40. The predicted octanol–water partition coefficient (Wildman–Crippen LogP) is 3.07.